The molecule has 0 bridgehead atoms. The molecular formula is C25H30N4O4S. The molecular weight excluding hydrogens is 452 g/mol. The number of piperidine rings is 1. The van der Waals surface area contributed by atoms with E-state index in [4.69, 9.17) is 4.52 Å². The van der Waals surface area contributed by atoms with Gasteiger partial charge in [0.25, 0.3) is 0 Å². The van der Waals surface area contributed by atoms with Crippen molar-refractivity contribution in [3.63, 3.8) is 0 Å². The summed E-state index contributed by atoms with van der Waals surface area (Å²) in [5.74, 6) is 0.330. The maximum absolute atomic E-state index is 13.3. The largest absolute Gasteiger partial charge is 0.337 e. The number of aryl methyl sites for hydroxylation is 2. The van der Waals surface area contributed by atoms with E-state index in [2.05, 4.69) is 10.1 Å². The molecule has 1 fully saturated rings. The van der Waals surface area contributed by atoms with Gasteiger partial charge in [-0.1, -0.05) is 46.6 Å². The second kappa shape index (κ2) is 10.1. The number of hydrogen-bond donors (Lipinski definition) is 0. The molecule has 1 atom stereocenters. The Morgan fingerprint density at radius 3 is 2.62 bits per heavy atom. The molecule has 4 rings (SSSR count). The van der Waals surface area contributed by atoms with E-state index in [0.29, 0.717) is 37.6 Å². The molecule has 0 spiro atoms. The summed E-state index contributed by atoms with van der Waals surface area (Å²) in [6, 6.07) is 14.6. The van der Waals surface area contributed by atoms with E-state index in [9.17, 15) is 13.2 Å². The molecule has 2 aromatic carbocycles. The molecule has 2 heterocycles. The molecule has 1 aliphatic rings. The van der Waals surface area contributed by atoms with Gasteiger partial charge in [0.05, 0.1) is 17.4 Å². The SMILES string of the molecule is CCN(Cc1nc(-c2cccc(C)c2)no1)C(=O)[C@@H]1CCCN(S(=O)(=O)c2ccc(C)cc2)C1. The highest BCUT2D eigenvalue weighted by molar-refractivity contribution is 7.89. The smallest absolute Gasteiger partial charge is 0.246 e. The van der Waals surface area contributed by atoms with Crippen molar-refractivity contribution in [1.29, 1.82) is 0 Å². The topological polar surface area (TPSA) is 96.6 Å². The van der Waals surface area contributed by atoms with Gasteiger partial charge in [-0.05, 0) is 51.8 Å². The van der Waals surface area contributed by atoms with Gasteiger partial charge in [-0.15, -0.1) is 0 Å². The highest BCUT2D eigenvalue weighted by Crippen LogP contribution is 2.26. The summed E-state index contributed by atoms with van der Waals surface area (Å²) in [4.78, 5) is 19.7. The molecule has 1 aromatic heterocycles. The Morgan fingerprint density at radius 2 is 1.91 bits per heavy atom. The number of sulfonamides is 1. The quantitative estimate of drug-likeness (QED) is 0.508. The molecule has 0 radical (unpaired) electrons. The number of benzene rings is 2. The van der Waals surface area contributed by atoms with E-state index in [1.807, 2.05) is 45.0 Å². The van der Waals surface area contributed by atoms with Crippen LogP contribution < -0.4 is 0 Å². The van der Waals surface area contributed by atoms with Crippen LogP contribution in [0.4, 0.5) is 0 Å². The lowest BCUT2D eigenvalue weighted by atomic mass is 9.98. The van der Waals surface area contributed by atoms with E-state index in [0.717, 1.165) is 16.7 Å². The third-order valence-electron chi connectivity index (χ3n) is 6.16. The Hall–Kier alpha value is -3.04. The predicted octanol–water partition coefficient (Wildman–Crippen LogP) is 3.80. The minimum absolute atomic E-state index is 0.0957. The van der Waals surface area contributed by atoms with Crippen LogP contribution in [0.25, 0.3) is 11.4 Å². The number of rotatable bonds is 7. The number of nitrogens with zero attached hydrogens (tertiary/aromatic N) is 4. The molecule has 1 amide bonds. The van der Waals surface area contributed by atoms with Crippen molar-refractivity contribution in [3.8, 4) is 11.4 Å². The van der Waals surface area contributed by atoms with Gasteiger partial charge in [-0.25, -0.2) is 8.42 Å². The number of hydrogen-bond acceptors (Lipinski definition) is 6. The molecule has 9 heteroatoms. The third kappa shape index (κ3) is 5.20. The molecule has 8 nitrogen and oxygen atoms in total. The highest BCUT2D eigenvalue weighted by Gasteiger charge is 2.35. The first-order valence-corrected chi connectivity index (χ1v) is 13.0. The van der Waals surface area contributed by atoms with Crippen molar-refractivity contribution in [2.45, 2.75) is 45.1 Å². The Labute approximate surface area is 200 Å². The van der Waals surface area contributed by atoms with Gasteiger partial charge in [0, 0.05) is 25.2 Å². The van der Waals surface area contributed by atoms with Crippen LogP contribution >= 0.6 is 0 Å². The molecule has 0 aliphatic carbocycles. The van der Waals surface area contributed by atoms with E-state index in [-0.39, 0.29) is 23.9 Å². The molecule has 3 aromatic rings. The maximum Gasteiger partial charge on any atom is 0.246 e. The summed E-state index contributed by atoms with van der Waals surface area (Å²) in [5, 5.41) is 4.06. The molecule has 34 heavy (non-hydrogen) atoms. The molecule has 0 saturated carbocycles. The van der Waals surface area contributed by atoms with Crippen LogP contribution in [0.3, 0.4) is 0 Å². The van der Waals surface area contributed by atoms with Crippen LogP contribution in [0, 0.1) is 19.8 Å². The fourth-order valence-corrected chi connectivity index (χ4v) is 5.73. The predicted molar refractivity (Wildman–Crippen MR) is 128 cm³/mol. The zero-order valence-electron chi connectivity index (χ0n) is 19.8. The van der Waals surface area contributed by atoms with Crippen LogP contribution in [0.1, 0.15) is 36.8 Å². The summed E-state index contributed by atoms with van der Waals surface area (Å²) in [6.45, 7) is 7.03. The summed E-state index contributed by atoms with van der Waals surface area (Å²) in [7, 11) is -3.65. The second-order valence-electron chi connectivity index (χ2n) is 8.75. The van der Waals surface area contributed by atoms with Gasteiger partial charge in [0.1, 0.15) is 0 Å². The standard InChI is InChI=1S/C25H30N4O4S/c1-4-28(17-23-26-24(27-33-23)20-8-5-7-19(3)15-20)25(30)21-9-6-14-29(16-21)34(31,32)22-12-10-18(2)11-13-22/h5,7-8,10-13,15,21H,4,6,9,14,16-17H2,1-3H3/t21-/m1/s1. The summed E-state index contributed by atoms with van der Waals surface area (Å²) in [6.07, 6.45) is 1.28. The van der Waals surface area contributed by atoms with Gasteiger partial charge < -0.3 is 9.42 Å². The van der Waals surface area contributed by atoms with Crippen LogP contribution in [-0.2, 0) is 21.4 Å². The second-order valence-corrected chi connectivity index (χ2v) is 10.7. The third-order valence-corrected chi connectivity index (χ3v) is 8.04. The zero-order chi connectivity index (χ0) is 24.3. The van der Waals surface area contributed by atoms with Crippen molar-refractivity contribution in [1.82, 2.24) is 19.3 Å². The van der Waals surface area contributed by atoms with Gasteiger partial charge in [-0.2, -0.15) is 9.29 Å². The zero-order valence-corrected chi connectivity index (χ0v) is 20.6. The molecule has 0 N–H and O–H groups in total. The van der Waals surface area contributed by atoms with Crippen molar-refractivity contribution in [2.24, 2.45) is 5.92 Å². The normalized spacial score (nSPS) is 17.0. The van der Waals surface area contributed by atoms with Crippen LogP contribution in [0.15, 0.2) is 57.9 Å². The van der Waals surface area contributed by atoms with Gasteiger partial charge in [-0.3, -0.25) is 4.79 Å². The van der Waals surface area contributed by atoms with E-state index in [1.54, 1.807) is 29.2 Å². The number of carbonyl (C=O) groups is 1. The first-order chi connectivity index (χ1) is 16.3. The lowest BCUT2D eigenvalue weighted by Gasteiger charge is -2.33. The monoisotopic (exact) mass is 482 g/mol. The summed E-state index contributed by atoms with van der Waals surface area (Å²) < 4.78 is 33.1. The average Bonchev–Trinajstić information content (AvgIpc) is 3.31. The van der Waals surface area contributed by atoms with Crippen LogP contribution in [0.5, 0.6) is 0 Å². The van der Waals surface area contributed by atoms with Crippen molar-refractivity contribution < 1.29 is 17.7 Å². The molecule has 1 aliphatic heterocycles. The van der Waals surface area contributed by atoms with Gasteiger partial charge >= 0.3 is 0 Å². The molecule has 0 unspecified atom stereocenters. The Balaban J connectivity index is 1.45. The fraction of sp³-hybridized carbons (Fsp3) is 0.400. The van der Waals surface area contributed by atoms with Crippen LogP contribution in [0.2, 0.25) is 0 Å². The first-order valence-electron chi connectivity index (χ1n) is 11.5. The Morgan fingerprint density at radius 1 is 1.15 bits per heavy atom. The molecule has 1 saturated heterocycles. The van der Waals surface area contributed by atoms with Crippen LogP contribution in [-0.4, -0.2) is 53.3 Å². The lowest BCUT2D eigenvalue weighted by Crippen LogP contribution is -2.46. The van der Waals surface area contributed by atoms with Crippen molar-refractivity contribution >= 4 is 15.9 Å². The number of carbonyl (C=O) groups excluding carboxylic acids is 1. The highest BCUT2D eigenvalue weighted by atomic mass is 32.2. The molecule has 180 valence electrons. The number of amides is 1. The minimum Gasteiger partial charge on any atom is -0.337 e. The van der Waals surface area contributed by atoms with Gasteiger partial charge in [0.2, 0.25) is 27.6 Å². The Kier molecular flexibility index (Phi) is 7.13. The Bertz CT molecular complexity index is 1250. The maximum atomic E-state index is 13.3. The van der Waals surface area contributed by atoms with E-state index >= 15 is 0 Å². The minimum atomic E-state index is -3.65. The fourth-order valence-electron chi connectivity index (χ4n) is 4.21. The van der Waals surface area contributed by atoms with E-state index in [1.165, 1.54) is 4.31 Å². The lowest BCUT2D eigenvalue weighted by molar-refractivity contribution is -0.137. The summed E-state index contributed by atoms with van der Waals surface area (Å²) >= 11 is 0. The summed E-state index contributed by atoms with van der Waals surface area (Å²) in [5.41, 5.74) is 2.95. The van der Waals surface area contributed by atoms with E-state index < -0.39 is 15.9 Å². The number of aromatic nitrogens is 2. The van der Waals surface area contributed by atoms with Crippen molar-refractivity contribution in [3.05, 3.63) is 65.5 Å². The van der Waals surface area contributed by atoms with Crippen molar-refractivity contribution in [2.75, 3.05) is 19.6 Å². The first kappa shape index (κ1) is 24.1. The van der Waals surface area contributed by atoms with Gasteiger partial charge in [0.15, 0.2) is 0 Å². The average molecular weight is 483 g/mol.